The van der Waals surface area contributed by atoms with Gasteiger partial charge in [0.05, 0.1) is 12.0 Å². The Labute approximate surface area is 206 Å². The fourth-order valence-electron chi connectivity index (χ4n) is 3.17. The van der Waals surface area contributed by atoms with Gasteiger partial charge in [-0.25, -0.2) is 4.98 Å². The van der Waals surface area contributed by atoms with Crippen molar-refractivity contribution in [2.45, 2.75) is 24.0 Å². The van der Waals surface area contributed by atoms with E-state index in [0.29, 0.717) is 17.1 Å². The summed E-state index contributed by atoms with van der Waals surface area (Å²) in [6, 6.07) is 20.4. The summed E-state index contributed by atoms with van der Waals surface area (Å²) in [5.41, 5.74) is 2.33. The molecule has 0 saturated carbocycles. The third-order valence-electron chi connectivity index (χ3n) is 4.98. The average Bonchev–Trinajstić information content (AvgIpc) is 3.29. The number of carbonyl (C=O) groups is 1. The number of aromatic nitrogens is 2. The Kier molecular flexibility index (Phi) is 8.30. The predicted octanol–water partition coefficient (Wildman–Crippen LogP) is 5.82. The van der Waals surface area contributed by atoms with Crippen molar-refractivity contribution in [1.29, 1.82) is 0 Å². The Morgan fingerprint density at radius 2 is 1.82 bits per heavy atom. The second kappa shape index (κ2) is 11.8. The van der Waals surface area contributed by atoms with Crippen LogP contribution in [0.15, 0.2) is 88.8 Å². The minimum atomic E-state index is -1.03. The number of rotatable bonds is 10. The first-order valence-electron chi connectivity index (χ1n) is 10.7. The summed E-state index contributed by atoms with van der Waals surface area (Å²) in [5, 5.41) is 12.9. The maximum Gasteiger partial charge on any atom is 0.313 e. The summed E-state index contributed by atoms with van der Waals surface area (Å²) in [4.78, 5) is 21.5. The molecule has 34 heavy (non-hydrogen) atoms. The van der Waals surface area contributed by atoms with E-state index in [1.807, 2.05) is 66.9 Å². The van der Waals surface area contributed by atoms with Crippen molar-refractivity contribution in [2.75, 3.05) is 5.75 Å². The van der Waals surface area contributed by atoms with E-state index in [1.165, 1.54) is 23.1 Å². The molecular formula is C26H24N2O4S2. The highest BCUT2D eigenvalue weighted by molar-refractivity contribution is 8.01. The van der Waals surface area contributed by atoms with Gasteiger partial charge >= 0.3 is 5.97 Å². The molecule has 0 spiro atoms. The smallest absolute Gasteiger partial charge is 0.313 e. The maximum atomic E-state index is 13.0. The molecule has 2 unspecified atom stereocenters. The number of esters is 1. The van der Waals surface area contributed by atoms with E-state index in [2.05, 4.69) is 9.97 Å². The number of thiazole rings is 1. The fraction of sp³-hybridized carbons (Fsp3) is 0.192. The zero-order chi connectivity index (χ0) is 23.8. The van der Waals surface area contributed by atoms with Gasteiger partial charge in [0.1, 0.15) is 22.4 Å². The molecule has 174 valence electrons. The number of carbonyl (C=O) groups excluding carboxylic acids is 1. The number of aliphatic hydroxyl groups excluding tert-OH is 1. The first-order chi connectivity index (χ1) is 16.6. The Hall–Kier alpha value is -3.20. The minimum absolute atomic E-state index is 0.0989. The van der Waals surface area contributed by atoms with E-state index in [0.717, 1.165) is 21.3 Å². The molecule has 2 heterocycles. The Morgan fingerprint density at radius 3 is 2.50 bits per heavy atom. The van der Waals surface area contributed by atoms with Crippen molar-refractivity contribution in [3.8, 4) is 11.5 Å². The van der Waals surface area contributed by atoms with Crippen molar-refractivity contribution in [2.24, 2.45) is 5.92 Å². The third kappa shape index (κ3) is 6.66. The first kappa shape index (κ1) is 23.9. The molecule has 0 amide bonds. The van der Waals surface area contributed by atoms with E-state index < -0.39 is 18.0 Å². The van der Waals surface area contributed by atoms with Gasteiger partial charge < -0.3 is 14.6 Å². The summed E-state index contributed by atoms with van der Waals surface area (Å²) in [6.45, 7) is 2.02. The van der Waals surface area contributed by atoms with Crippen molar-refractivity contribution in [3.63, 3.8) is 0 Å². The van der Waals surface area contributed by atoms with Gasteiger partial charge in [-0.15, -0.1) is 11.3 Å². The Balaban J connectivity index is 1.39. The molecule has 2 aromatic heterocycles. The molecule has 0 saturated heterocycles. The van der Waals surface area contributed by atoms with Crippen LogP contribution in [0.3, 0.4) is 0 Å². The molecule has 0 aliphatic heterocycles. The highest BCUT2D eigenvalue weighted by atomic mass is 32.2. The van der Waals surface area contributed by atoms with Gasteiger partial charge in [-0.2, -0.15) is 0 Å². The largest absolute Gasteiger partial charge is 0.460 e. The van der Waals surface area contributed by atoms with Crippen LogP contribution in [0.4, 0.5) is 0 Å². The molecule has 0 aliphatic rings. The number of hydrogen-bond acceptors (Lipinski definition) is 8. The van der Waals surface area contributed by atoms with Crippen molar-refractivity contribution in [3.05, 3.63) is 101 Å². The van der Waals surface area contributed by atoms with Gasteiger partial charge in [0.15, 0.2) is 0 Å². The molecule has 6 nitrogen and oxygen atoms in total. The quantitative estimate of drug-likeness (QED) is 0.220. The van der Waals surface area contributed by atoms with Crippen molar-refractivity contribution in [1.82, 2.24) is 9.97 Å². The zero-order valence-electron chi connectivity index (χ0n) is 18.5. The molecule has 0 radical (unpaired) electrons. The van der Waals surface area contributed by atoms with Crippen LogP contribution in [0, 0.1) is 12.8 Å². The molecule has 2 aromatic carbocycles. The number of aliphatic hydroxyl groups is 1. The van der Waals surface area contributed by atoms with Crippen LogP contribution in [-0.4, -0.2) is 26.8 Å². The molecule has 1 N–H and O–H groups in total. The topological polar surface area (TPSA) is 81.5 Å². The van der Waals surface area contributed by atoms with Crippen LogP contribution in [-0.2, 0) is 16.1 Å². The highest BCUT2D eigenvalue weighted by Crippen LogP contribution is 2.31. The van der Waals surface area contributed by atoms with Gasteiger partial charge in [0, 0.05) is 29.2 Å². The van der Waals surface area contributed by atoms with Crippen LogP contribution in [0.1, 0.15) is 22.9 Å². The number of thioether (sulfide) groups is 1. The lowest BCUT2D eigenvalue weighted by Gasteiger charge is -2.21. The Bertz CT molecular complexity index is 1180. The van der Waals surface area contributed by atoms with Crippen molar-refractivity contribution < 1.29 is 19.4 Å². The van der Waals surface area contributed by atoms with E-state index in [1.54, 1.807) is 24.5 Å². The monoisotopic (exact) mass is 492 g/mol. The lowest BCUT2D eigenvalue weighted by molar-refractivity contribution is -0.153. The second-order valence-electron chi connectivity index (χ2n) is 7.57. The summed E-state index contributed by atoms with van der Waals surface area (Å²) in [7, 11) is 0. The SMILES string of the molecule is Cc1csc(SCC(C(=O)OCc2ccc(Oc3ccccc3)cc2)C(O)c2cccnc2)n1. The number of ether oxygens (including phenoxy) is 2. The molecular weight excluding hydrogens is 468 g/mol. The predicted molar refractivity (Wildman–Crippen MR) is 133 cm³/mol. The number of nitrogens with zero attached hydrogens (tertiary/aromatic N) is 2. The lowest BCUT2D eigenvalue weighted by Crippen LogP contribution is -2.27. The first-order valence-corrected chi connectivity index (χ1v) is 12.6. The number of aryl methyl sites for hydroxylation is 1. The highest BCUT2D eigenvalue weighted by Gasteiger charge is 2.30. The standard InChI is InChI=1S/C26H24N2O4S2/c1-18-16-33-26(28-18)34-17-23(24(29)20-6-5-13-27-14-20)25(30)31-15-19-9-11-22(12-10-19)32-21-7-3-2-4-8-21/h2-14,16,23-24,29H,15,17H2,1H3. The molecule has 0 aliphatic carbocycles. The Morgan fingerprint density at radius 1 is 1.06 bits per heavy atom. The van der Waals surface area contributed by atoms with Crippen LogP contribution in [0.2, 0.25) is 0 Å². The molecule has 0 fully saturated rings. The molecule has 8 heteroatoms. The van der Waals surface area contributed by atoms with Gasteiger partial charge in [0.2, 0.25) is 0 Å². The van der Waals surface area contributed by atoms with E-state index in [-0.39, 0.29) is 6.61 Å². The number of pyridine rings is 1. The zero-order valence-corrected chi connectivity index (χ0v) is 20.2. The summed E-state index contributed by atoms with van der Waals surface area (Å²) >= 11 is 2.95. The van der Waals surface area contributed by atoms with Crippen molar-refractivity contribution >= 4 is 29.1 Å². The summed E-state index contributed by atoms with van der Waals surface area (Å²) in [5.74, 6) is 0.551. The van der Waals surface area contributed by atoms with E-state index in [9.17, 15) is 9.90 Å². The lowest BCUT2D eigenvalue weighted by atomic mass is 9.99. The van der Waals surface area contributed by atoms with Gasteiger partial charge in [-0.1, -0.05) is 48.2 Å². The van der Waals surface area contributed by atoms with Crippen LogP contribution in [0.25, 0.3) is 0 Å². The molecule has 4 rings (SSSR count). The number of para-hydroxylation sites is 1. The van der Waals surface area contributed by atoms with Gasteiger partial charge in [0.25, 0.3) is 0 Å². The normalized spacial score (nSPS) is 12.6. The van der Waals surface area contributed by atoms with Crippen LogP contribution in [0.5, 0.6) is 11.5 Å². The van der Waals surface area contributed by atoms with Gasteiger partial charge in [-0.3, -0.25) is 9.78 Å². The summed E-state index contributed by atoms with van der Waals surface area (Å²) < 4.78 is 12.2. The van der Waals surface area contributed by atoms with E-state index in [4.69, 9.17) is 9.47 Å². The fourth-order valence-corrected chi connectivity index (χ4v) is 5.16. The van der Waals surface area contributed by atoms with Crippen LogP contribution < -0.4 is 4.74 Å². The number of hydrogen-bond donors (Lipinski definition) is 1. The maximum absolute atomic E-state index is 13.0. The number of benzene rings is 2. The molecule has 2 atom stereocenters. The average molecular weight is 493 g/mol. The van der Waals surface area contributed by atoms with Crippen LogP contribution >= 0.6 is 23.1 Å². The molecule has 4 aromatic rings. The third-order valence-corrected chi connectivity index (χ3v) is 7.24. The second-order valence-corrected chi connectivity index (χ2v) is 9.70. The minimum Gasteiger partial charge on any atom is -0.460 e. The van der Waals surface area contributed by atoms with E-state index >= 15 is 0 Å². The molecule has 0 bridgehead atoms. The summed E-state index contributed by atoms with van der Waals surface area (Å²) in [6.07, 6.45) is 2.16. The van der Waals surface area contributed by atoms with Gasteiger partial charge in [-0.05, 0) is 48.4 Å².